The zero-order valence-corrected chi connectivity index (χ0v) is 20.0. The molecule has 198 valence electrons. The van der Waals surface area contributed by atoms with E-state index < -0.39 is 60.2 Å². The first-order valence-electron chi connectivity index (χ1n) is 11.2. The number of primary amides is 1. The van der Waals surface area contributed by atoms with Crippen LogP contribution in [0.1, 0.15) is 31.7 Å². The van der Waals surface area contributed by atoms with E-state index in [1.54, 1.807) is 30.3 Å². The number of aliphatic imine (C=N–C) groups is 1. The number of hydrogen-bond acceptors (Lipinski definition) is 7. The lowest BCUT2D eigenvalue weighted by atomic mass is 10.0. The normalized spacial score (nSPS) is 13.8. The number of carboxylic acids is 1. The number of carbonyl (C=O) groups is 5. The van der Waals surface area contributed by atoms with E-state index in [1.807, 2.05) is 0 Å². The molecule has 0 aliphatic rings. The monoisotopic (exact) mass is 506 g/mol. The molecule has 36 heavy (non-hydrogen) atoms. The van der Waals surface area contributed by atoms with Gasteiger partial charge < -0.3 is 44.0 Å². The molecule has 1 aromatic carbocycles. The van der Waals surface area contributed by atoms with E-state index in [0.717, 1.165) is 5.56 Å². The van der Waals surface area contributed by atoms with Crippen molar-refractivity contribution in [1.82, 2.24) is 16.0 Å². The van der Waals surface area contributed by atoms with Crippen LogP contribution < -0.4 is 38.9 Å². The molecular formula is C22H34N8O6. The van der Waals surface area contributed by atoms with Crippen molar-refractivity contribution in [2.24, 2.45) is 27.9 Å². The van der Waals surface area contributed by atoms with Crippen LogP contribution in [0.3, 0.4) is 0 Å². The van der Waals surface area contributed by atoms with Crippen molar-refractivity contribution in [3.8, 4) is 0 Å². The number of nitrogens with one attached hydrogen (secondary N) is 3. The minimum Gasteiger partial charge on any atom is -0.480 e. The van der Waals surface area contributed by atoms with Crippen LogP contribution >= 0.6 is 0 Å². The number of nitrogens with two attached hydrogens (primary N) is 4. The molecule has 0 fully saturated rings. The van der Waals surface area contributed by atoms with Crippen LogP contribution in [0.4, 0.5) is 0 Å². The lowest BCUT2D eigenvalue weighted by Gasteiger charge is -2.23. The van der Waals surface area contributed by atoms with Crippen molar-refractivity contribution in [2.45, 2.75) is 56.8 Å². The van der Waals surface area contributed by atoms with Crippen LogP contribution in [0.2, 0.25) is 0 Å². The van der Waals surface area contributed by atoms with Crippen molar-refractivity contribution < 1.29 is 29.1 Å². The van der Waals surface area contributed by atoms with Gasteiger partial charge in [-0.1, -0.05) is 30.3 Å². The fraction of sp³-hybridized carbons (Fsp3) is 0.455. The van der Waals surface area contributed by atoms with Gasteiger partial charge in [0, 0.05) is 13.0 Å². The SMILES string of the molecule is CC(NC(=O)C(Cc1ccccc1)NC(=O)C(N)CCCN=C(N)N)C(=O)NC(CC(N)=O)C(=O)O. The number of rotatable bonds is 15. The Labute approximate surface area is 208 Å². The fourth-order valence-electron chi connectivity index (χ4n) is 3.07. The molecule has 0 radical (unpaired) electrons. The zero-order chi connectivity index (χ0) is 27.3. The first kappa shape index (κ1) is 29.8. The van der Waals surface area contributed by atoms with E-state index in [2.05, 4.69) is 20.9 Å². The van der Waals surface area contributed by atoms with Crippen molar-refractivity contribution >= 4 is 35.6 Å². The van der Waals surface area contributed by atoms with E-state index in [4.69, 9.17) is 28.0 Å². The van der Waals surface area contributed by atoms with E-state index in [1.165, 1.54) is 6.92 Å². The third kappa shape index (κ3) is 11.3. The average Bonchev–Trinajstić information content (AvgIpc) is 2.80. The van der Waals surface area contributed by atoms with Gasteiger partial charge in [-0.25, -0.2) is 4.79 Å². The molecule has 12 N–H and O–H groups in total. The third-order valence-electron chi connectivity index (χ3n) is 4.99. The molecule has 4 unspecified atom stereocenters. The number of hydrogen-bond donors (Lipinski definition) is 8. The Morgan fingerprint density at radius 2 is 1.53 bits per heavy atom. The lowest BCUT2D eigenvalue weighted by Crippen LogP contribution is -2.57. The third-order valence-corrected chi connectivity index (χ3v) is 4.99. The highest BCUT2D eigenvalue weighted by atomic mass is 16.4. The number of guanidine groups is 1. The molecule has 0 aliphatic carbocycles. The molecule has 4 amide bonds. The summed E-state index contributed by atoms with van der Waals surface area (Å²) in [5, 5.41) is 16.3. The Morgan fingerprint density at radius 3 is 2.08 bits per heavy atom. The maximum Gasteiger partial charge on any atom is 0.326 e. The molecule has 0 heterocycles. The fourth-order valence-corrected chi connectivity index (χ4v) is 3.07. The molecule has 0 spiro atoms. The molecule has 4 atom stereocenters. The number of carbonyl (C=O) groups excluding carboxylic acids is 4. The van der Waals surface area contributed by atoms with E-state index in [0.29, 0.717) is 6.42 Å². The molecule has 14 nitrogen and oxygen atoms in total. The summed E-state index contributed by atoms with van der Waals surface area (Å²) in [6.07, 6.45) is 0.190. The molecular weight excluding hydrogens is 472 g/mol. The van der Waals surface area contributed by atoms with Gasteiger partial charge in [0.1, 0.15) is 18.1 Å². The summed E-state index contributed by atoms with van der Waals surface area (Å²) in [7, 11) is 0. The molecule has 0 aliphatic heterocycles. The first-order valence-corrected chi connectivity index (χ1v) is 11.2. The summed E-state index contributed by atoms with van der Waals surface area (Å²) < 4.78 is 0. The van der Waals surface area contributed by atoms with Gasteiger partial charge in [0.15, 0.2) is 5.96 Å². The Balaban J connectivity index is 2.86. The molecule has 0 bridgehead atoms. The number of benzene rings is 1. The number of carboxylic acid groups (broad SMARTS) is 1. The van der Waals surface area contributed by atoms with Gasteiger partial charge in [-0.2, -0.15) is 0 Å². The average molecular weight is 507 g/mol. The number of nitrogens with zero attached hydrogens (tertiary/aromatic N) is 1. The minimum atomic E-state index is -1.55. The van der Waals surface area contributed by atoms with Crippen molar-refractivity contribution in [1.29, 1.82) is 0 Å². The molecule has 0 saturated carbocycles. The van der Waals surface area contributed by atoms with Gasteiger partial charge >= 0.3 is 5.97 Å². The molecule has 1 rings (SSSR count). The summed E-state index contributed by atoms with van der Waals surface area (Å²) in [5.41, 5.74) is 22.2. The highest BCUT2D eigenvalue weighted by Gasteiger charge is 2.29. The summed E-state index contributed by atoms with van der Waals surface area (Å²) in [4.78, 5) is 64.1. The maximum atomic E-state index is 13.0. The number of aliphatic carboxylic acids is 1. The Hall–Kier alpha value is -4.20. The topological polar surface area (TPSA) is 258 Å². The second kappa shape index (κ2) is 14.9. The van der Waals surface area contributed by atoms with E-state index in [9.17, 15) is 24.0 Å². The largest absolute Gasteiger partial charge is 0.480 e. The smallest absolute Gasteiger partial charge is 0.326 e. The summed E-state index contributed by atoms with van der Waals surface area (Å²) in [6.45, 7) is 1.62. The van der Waals surface area contributed by atoms with Gasteiger partial charge in [0.05, 0.1) is 12.5 Å². The van der Waals surface area contributed by atoms with E-state index in [-0.39, 0.29) is 25.3 Å². The summed E-state index contributed by atoms with van der Waals surface area (Å²) in [6, 6.07) is 4.10. The van der Waals surface area contributed by atoms with Gasteiger partial charge in [-0.15, -0.1) is 0 Å². The maximum absolute atomic E-state index is 13.0. The predicted molar refractivity (Wildman–Crippen MR) is 131 cm³/mol. The summed E-state index contributed by atoms with van der Waals surface area (Å²) in [5.74, 6) is -4.57. The summed E-state index contributed by atoms with van der Waals surface area (Å²) >= 11 is 0. The van der Waals surface area contributed by atoms with Gasteiger partial charge in [-0.3, -0.25) is 24.2 Å². The Kier molecular flexibility index (Phi) is 12.4. The number of amides is 4. The Morgan fingerprint density at radius 1 is 0.917 bits per heavy atom. The van der Waals surface area contributed by atoms with Gasteiger partial charge in [0.25, 0.3) is 0 Å². The van der Waals surface area contributed by atoms with E-state index >= 15 is 0 Å². The molecule has 0 aromatic heterocycles. The van der Waals surface area contributed by atoms with Crippen LogP contribution in [-0.4, -0.2) is 71.4 Å². The quantitative estimate of drug-likeness (QED) is 0.0685. The van der Waals surface area contributed by atoms with Crippen molar-refractivity contribution in [2.75, 3.05) is 6.54 Å². The molecule has 0 saturated heterocycles. The first-order chi connectivity index (χ1) is 16.9. The van der Waals surface area contributed by atoms with Crippen LogP contribution in [-0.2, 0) is 30.4 Å². The van der Waals surface area contributed by atoms with Crippen LogP contribution in [0.5, 0.6) is 0 Å². The second-order valence-corrected chi connectivity index (χ2v) is 8.11. The highest BCUT2D eigenvalue weighted by molar-refractivity contribution is 5.94. The second-order valence-electron chi connectivity index (χ2n) is 8.11. The zero-order valence-electron chi connectivity index (χ0n) is 20.0. The Bertz CT molecular complexity index is 951. The predicted octanol–water partition coefficient (Wildman–Crippen LogP) is -2.96. The standard InChI is InChI=1S/C22H34N8O6/c1-12(18(32)30-16(21(35)36)11-17(24)31)28-20(34)15(10-13-6-3-2-4-7-13)29-19(33)14(23)8-5-9-27-22(25)26/h2-4,6-7,12,14-16H,5,8-11,23H2,1H3,(H2,24,31)(H,28,34)(H,29,33)(H,30,32)(H,35,36)(H4,25,26,27). The van der Waals surface area contributed by atoms with Crippen LogP contribution in [0.15, 0.2) is 35.3 Å². The van der Waals surface area contributed by atoms with Crippen molar-refractivity contribution in [3.05, 3.63) is 35.9 Å². The minimum absolute atomic E-state index is 0.0740. The van der Waals surface area contributed by atoms with Gasteiger partial charge in [-0.05, 0) is 25.3 Å². The highest BCUT2D eigenvalue weighted by Crippen LogP contribution is 2.06. The van der Waals surface area contributed by atoms with Crippen LogP contribution in [0.25, 0.3) is 0 Å². The molecule has 14 heteroatoms. The van der Waals surface area contributed by atoms with Gasteiger partial charge in [0.2, 0.25) is 23.6 Å². The molecule has 1 aromatic rings. The van der Waals surface area contributed by atoms with Crippen molar-refractivity contribution in [3.63, 3.8) is 0 Å². The lowest BCUT2D eigenvalue weighted by molar-refractivity contribution is -0.143. The van der Waals surface area contributed by atoms with Crippen LogP contribution in [0, 0.1) is 0 Å².